The molecule has 0 saturated heterocycles. The Morgan fingerprint density at radius 1 is 1.21 bits per heavy atom. The predicted octanol–water partition coefficient (Wildman–Crippen LogP) is 3.58. The van der Waals surface area contributed by atoms with Crippen LogP contribution in [0.4, 0.5) is 0 Å². The summed E-state index contributed by atoms with van der Waals surface area (Å²) in [4.78, 5) is 35.3. The molecule has 1 aromatic carbocycles. The van der Waals surface area contributed by atoms with Gasteiger partial charge in [-0.15, -0.1) is 0 Å². The second-order valence-corrected chi connectivity index (χ2v) is 7.29. The number of amides is 1. The van der Waals surface area contributed by atoms with Crippen molar-refractivity contribution in [2.24, 2.45) is 0 Å². The number of aliphatic carboxylic acids is 1. The second-order valence-electron chi connectivity index (χ2n) is 7.29. The molecule has 2 atom stereocenters. The number of carboxylic acid groups (broad SMARTS) is 1. The number of nitrogens with one attached hydrogen (secondary N) is 1. The Bertz CT molecular complexity index is 933. The highest BCUT2D eigenvalue weighted by atomic mass is 16.5. The third-order valence-corrected chi connectivity index (χ3v) is 4.95. The lowest BCUT2D eigenvalue weighted by Crippen LogP contribution is -2.44. The summed E-state index contributed by atoms with van der Waals surface area (Å²) in [5, 5.41) is 12.1. The van der Waals surface area contributed by atoms with Crippen molar-refractivity contribution in [3.8, 4) is 5.75 Å². The van der Waals surface area contributed by atoms with E-state index in [9.17, 15) is 14.4 Å². The van der Waals surface area contributed by atoms with Crippen molar-refractivity contribution in [2.45, 2.75) is 71.9 Å². The molecule has 0 saturated carbocycles. The van der Waals surface area contributed by atoms with Crippen LogP contribution >= 0.6 is 0 Å². The number of hydrogen-bond acceptors (Lipinski definition) is 5. The number of benzene rings is 1. The van der Waals surface area contributed by atoms with Crippen molar-refractivity contribution in [3.63, 3.8) is 0 Å². The van der Waals surface area contributed by atoms with E-state index in [0.717, 1.165) is 36.6 Å². The Hall–Kier alpha value is -2.83. The molecule has 2 rings (SSSR count). The second kappa shape index (κ2) is 10.1. The van der Waals surface area contributed by atoms with Crippen LogP contribution in [0.1, 0.15) is 57.6 Å². The van der Waals surface area contributed by atoms with Gasteiger partial charge >= 0.3 is 11.6 Å². The molecule has 0 bridgehead atoms. The summed E-state index contributed by atoms with van der Waals surface area (Å²) in [6, 6.07) is 4.08. The lowest BCUT2D eigenvalue weighted by molar-refractivity contribution is -0.142. The Balaban J connectivity index is 2.16. The lowest BCUT2D eigenvalue weighted by Gasteiger charge is -2.17. The molecule has 2 N–H and O–H groups in total. The fraction of sp³-hybridized carbons (Fsp3) is 0.500. The number of hydrogen-bond donors (Lipinski definition) is 2. The summed E-state index contributed by atoms with van der Waals surface area (Å²) >= 11 is 0. The first-order valence-corrected chi connectivity index (χ1v) is 10.0. The zero-order valence-corrected chi connectivity index (χ0v) is 17.4. The van der Waals surface area contributed by atoms with Crippen LogP contribution in [0.25, 0.3) is 11.0 Å². The zero-order valence-electron chi connectivity index (χ0n) is 17.4. The summed E-state index contributed by atoms with van der Waals surface area (Å²) in [6.07, 6.45) is 4.12. The first kappa shape index (κ1) is 22.5. The topological polar surface area (TPSA) is 106 Å². The van der Waals surface area contributed by atoms with E-state index < -0.39 is 24.0 Å². The van der Waals surface area contributed by atoms with Crippen molar-refractivity contribution in [1.29, 1.82) is 0 Å². The first-order valence-electron chi connectivity index (χ1n) is 10.0. The molecule has 0 aliphatic carbocycles. The summed E-state index contributed by atoms with van der Waals surface area (Å²) < 4.78 is 11.1. The van der Waals surface area contributed by atoms with Gasteiger partial charge in [0, 0.05) is 17.0 Å². The number of rotatable bonds is 10. The summed E-state index contributed by atoms with van der Waals surface area (Å²) in [5.74, 6) is -1.31. The number of carboxylic acids is 1. The lowest BCUT2D eigenvalue weighted by atomic mass is 10.0. The molecule has 1 heterocycles. The van der Waals surface area contributed by atoms with Gasteiger partial charge in [-0.1, -0.05) is 26.2 Å². The Kier molecular flexibility index (Phi) is 7.82. The van der Waals surface area contributed by atoms with Gasteiger partial charge in [0.05, 0.1) is 0 Å². The van der Waals surface area contributed by atoms with Crippen LogP contribution < -0.4 is 15.7 Å². The van der Waals surface area contributed by atoms with E-state index in [1.54, 1.807) is 12.1 Å². The summed E-state index contributed by atoms with van der Waals surface area (Å²) in [6.45, 7) is 6.96. The monoisotopic (exact) mass is 403 g/mol. The minimum absolute atomic E-state index is 0.343. The van der Waals surface area contributed by atoms with Crippen molar-refractivity contribution in [1.82, 2.24) is 5.32 Å². The minimum Gasteiger partial charge on any atom is -0.481 e. The third-order valence-electron chi connectivity index (χ3n) is 4.95. The summed E-state index contributed by atoms with van der Waals surface area (Å²) in [7, 11) is 0. The molecule has 7 heteroatoms. The van der Waals surface area contributed by atoms with Crippen LogP contribution in [0.2, 0.25) is 0 Å². The van der Waals surface area contributed by atoms with Crippen LogP contribution in [0.5, 0.6) is 5.75 Å². The van der Waals surface area contributed by atoms with Gasteiger partial charge in [-0.2, -0.15) is 0 Å². The third kappa shape index (κ3) is 5.82. The number of carbonyl (C=O) groups excluding carboxylic acids is 1. The predicted molar refractivity (Wildman–Crippen MR) is 110 cm³/mol. The molecular formula is C22H29NO6. The molecule has 0 unspecified atom stereocenters. The van der Waals surface area contributed by atoms with Crippen LogP contribution in [-0.2, 0) is 16.0 Å². The van der Waals surface area contributed by atoms with E-state index in [1.807, 2.05) is 13.0 Å². The number of ether oxygens (including phenoxy) is 1. The Labute approximate surface area is 170 Å². The van der Waals surface area contributed by atoms with Gasteiger partial charge in [0.2, 0.25) is 0 Å². The maximum Gasteiger partial charge on any atom is 0.339 e. The quantitative estimate of drug-likeness (QED) is 0.464. The molecule has 158 valence electrons. The number of aryl methyl sites for hydroxylation is 1. The molecule has 29 heavy (non-hydrogen) atoms. The van der Waals surface area contributed by atoms with Crippen molar-refractivity contribution >= 4 is 22.8 Å². The smallest absolute Gasteiger partial charge is 0.339 e. The maximum absolute atomic E-state index is 12.4. The van der Waals surface area contributed by atoms with Crippen molar-refractivity contribution < 1.29 is 23.8 Å². The van der Waals surface area contributed by atoms with Gasteiger partial charge in [0.15, 0.2) is 6.10 Å². The van der Waals surface area contributed by atoms with E-state index in [4.69, 9.17) is 14.3 Å². The fourth-order valence-corrected chi connectivity index (χ4v) is 3.12. The van der Waals surface area contributed by atoms with Crippen molar-refractivity contribution in [3.05, 3.63) is 39.7 Å². The molecule has 0 aliphatic rings. The van der Waals surface area contributed by atoms with E-state index in [-0.39, 0.29) is 5.63 Å². The highest BCUT2D eigenvalue weighted by molar-refractivity contribution is 5.86. The van der Waals surface area contributed by atoms with Gasteiger partial charge in [0.25, 0.3) is 5.91 Å². The van der Waals surface area contributed by atoms with Gasteiger partial charge in [0.1, 0.15) is 17.4 Å². The molecule has 1 aromatic heterocycles. The maximum atomic E-state index is 12.4. The van der Waals surface area contributed by atoms with E-state index in [0.29, 0.717) is 23.3 Å². The number of unbranched alkanes of at least 4 members (excludes halogenated alkanes) is 3. The molecule has 0 fully saturated rings. The van der Waals surface area contributed by atoms with Crippen molar-refractivity contribution in [2.75, 3.05) is 0 Å². The van der Waals surface area contributed by atoms with Gasteiger partial charge in [-0.3, -0.25) is 9.59 Å². The fourth-order valence-electron chi connectivity index (χ4n) is 3.12. The summed E-state index contributed by atoms with van der Waals surface area (Å²) in [5.41, 5.74) is 1.66. The van der Waals surface area contributed by atoms with Crippen LogP contribution in [0.3, 0.4) is 0 Å². The average Bonchev–Trinajstić information content (AvgIpc) is 2.66. The van der Waals surface area contributed by atoms with Crippen LogP contribution in [-0.4, -0.2) is 29.1 Å². The normalized spacial score (nSPS) is 13.1. The molecule has 0 aliphatic heterocycles. The highest BCUT2D eigenvalue weighted by Gasteiger charge is 2.20. The standard InChI is InChI=1S/C22H29NO6/c1-5-6-7-8-9-18-13(2)17-11-10-16(12-19(17)29-22(18)27)28-15(4)20(24)23-14(3)21(25)26/h10-12,14-15H,5-9H2,1-4H3,(H,23,24)(H,25,26)/t14-,15+/m1/s1. The largest absolute Gasteiger partial charge is 0.481 e. The molecule has 2 aromatic rings. The molecule has 1 amide bonds. The molecular weight excluding hydrogens is 374 g/mol. The van der Waals surface area contributed by atoms with Gasteiger partial charge < -0.3 is 19.6 Å². The van der Waals surface area contributed by atoms with Crippen LogP contribution in [0.15, 0.2) is 27.4 Å². The molecule has 7 nitrogen and oxygen atoms in total. The SMILES string of the molecule is CCCCCCc1c(C)c2ccc(O[C@@H](C)C(=O)N[C@H](C)C(=O)O)cc2oc1=O. The van der Waals surface area contributed by atoms with Gasteiger partial charge in [-0.05, 0) is 51.3 Å². The Morgan fingerprint density at radius 3 is 2.59 bits per heavy atom. The van der Waals surface area contributed by atoms with Gasteiger partial charge in [-0.25, -0.2) is 4.79 Å². The van der Waals surface area contributed by atoms with Crippen LogP contribution in [0, 0.1) is 6.92 Å². The first-order chi connectivity index (χ1) is 13.7. The zero-order chi connectivity index (χ0) is 21.6. The Morgan fingerprint density at radius 2 is 1.93 bits per heavy atom. The number of carbonyl (C=O) groups is 2. The highest BCUT2D eigenvalue weighted by Crippen LogP contribution is 2.25. The number of fused-ring (bicyclic) bond motifs is 1. The minimum atomic E-state index is -1.13. The van der Waals surface area contributed by atoms with E-state index in [1.165, 1.54) is 13.8 Å². The molecule has 0 radical (unpaired) electrons. The average molecular weight is 403 g/mol. The molecule has 0 spiro atoms. The van der Waals surface area contributed by atoms with E-state index >= 15 is 0 Å². The van der Waals surface area contributed by atoms with E-state index in [2.05, 4.69) is 12.2 Å².